The van der Waals surface area contributed by atoms with Gasteiger partial charge in [0, 0.05) is 24.4 Å². The topological polar surface area (TPSA) is 161 Å². The highest BCUT2D eigenvalue weighted by Gasteiger charge is 2.11. The van der Waals surface area contributed by atoms with Gasteiger partial charge in [-0.25, -0.2) is 8.42 Å². The van der Waals surface area contributed by atoms with Crippen LogP contribution < -0.4 is 21.7 Å². The Bertz CT molecular complexity index is 1480. The number of aromatic nitrogens is 2. The van der Waals surface area contributed by atoms with Crippen LogP contribution in [0.2, 0.25) is 0 Å². The summed E-state index contributed by atoms with van der Waals surface area (Å²) in [6.07, 6.45) is 8.31. The number of amides is 2. The standard InChI is InChI=1S/C29H36N6O4S2/c1-31-25(32-26(36)19-22-11-8-12-23(17-22)20-41(2,38)39)16-15-24(30)13-6-7-14-28-34-35-29(40-28)33-27(37)18-21-9-4-3-5-10-21/h3-5,8-12,15-17,31H,6-7,13-14,18-20,30H2,1-2H3,(H,32,36)(H,33,35,37)/p+1/b24-15-,25-16+. The monoisotopic (exact) mass is 597 g/mol. The third kappa shape index (κ3) is 12.5. The smallest absolute Gasteiger partial charge is 0.232 e. The fourth-order valence-electron chi connectivity index (χ4n) is 3.97. The van der Waals surface area contributed by atoms with E-state index in [1.54, 1.807) is 41.7 Å². The van der Waals surface area contributed by atoms with Crippen molar-refractivity contribution in [3.05, 3.63) is 100.0 Å². The summed E-state index contributed by atoms with van der Waals surface area (Å²) in [6.45, 7) is 0. The van der Waals surface area contributed by atoms with E-state index in [1.165, 1.54) is 17.6 Å². The minimum Gasteiger partial charge on any atom is -0.402 e. The molecule has 0 saturated heterocycles. The second-order valence-electron chi connectivity index (χ2n) is 9.69. The zero-order valence-electron chi connectivity index (χ0n) is 23.3. The van der Waals surface area contributed by atoms with Crippen LogP contribution in [0.4, 0.5) is 5.13 Å². The fraction of sp³-hybridized carbons (Fsp3) is 0.310. The molecule has 0 saturated carbocycles. The Kier molecular flexibility index (Phi) is 12.2. The molecule has 10 nitrogen and oxygen atoms in total. The largest absolute Gasteiger partial charge is 0.402 e. The van der Waals surface area contributed by atoms with E-state index >= 15 is 0 Å². The first-order valence-electron chi connectivity index (χ1n) is 13.3. The Balaban J connectivity index is 1.39. The molecule has 0 bridgehead atoms. The lowest BCUT2D eigenvalue weighted by molar-refractivity contribution is -0.580. The molecular weight excluding hydrogens is 560 g/mol. The first-order chi connectivity index (χ1) is 19.6. The molecule has 12 heteroatoms. The maximum absolute atomic E-state index is 12.5. The molecule has 0 radical (unpaired) electrons. The van der Waals surface area contributed by atoms with Gasteiger partial charge in [-0.15, -0.1) is 10.2 Å². The number of quaternary nitrogens is 1. The molecule has 0 aliphatic rings. The third-order valence-corrected chi connectivity index (χ3v) is 7.64. The number of hydrogen-bond donors (Lipinski definition) is 4. The number of allylic oxidation sites excluding steroid dienone is 3. The summed E-state index contributed by atoms with van der Waals surface area (Å²) in [4.78, 5) is 24.7. The van der Waals surface area contributed by atoms with E-state index in [4.69, 9.17) is 5.73 Å². The van der Waals surface area contributed by atoms with Gasteiger partial charge in [0.1, 0.15) is 5.01 Å². The van der Waals surface area contributed by atoms with Crippen LogP contribution in [0.25, 0.3) is 0 Å². The molecule has 3 rings (SSSR count). The number of aryl methyl sites for hydroxylation is 1. The molecule has 3 aromatic rings. The summed E-state index contributed by atoms with van der Waals surface area (Å²) in [5.74, 6) is 0.241. The lowest BCUT2D eigenvalue weighted by Gasteiger charge is -2.07. The average Bonchev–Trinajstić information content (AvgIpc) is 3.35. The Morgan fingerprint density at radius 2 is 1.66 bits per heavy atom. The highest BCUT2D eigenvalue weighted by atomic mass is 32.2. The predicted molar refractivity (Wildman–Crippen MR) is 161 cm³/mol. The number of carbonyl (C=O) groups is 2. The zero-order valence-corrected chi connectivity index (χ0v) is 24.9. The molecule has 0 spiro atoms. The number of carbonyl (C=O) groups excluding carboxylic acids is 2. The number of anilines is 1. The highest BCUT2D eigenvalue weighted by Crippen LogP contribution is 2.18. The van der Waals surface area contributed by atoms with E-state index in [0.717, 1.165) is 35.4 Å². The maximum Gasteiger partial charge on any atom is 0.232 e. The normalized spacial score (nSPS) is 12.2. The van der Waals surface area contributed by atoms with Crippen LogP contribution in [0.15, 0.2) is 78.3 Å². The van der Waals surface area contributed by atoms with Gasteiger partial charge in [0.15, 0.2) is 9.84 Å². The summed E-state index contributed by atoms with van der Waals surface area (Å²) >= 11 is 1.38. The van der Waals surface area contributed by atoms with Gasteiger partial charge in [-0.2, -0.15) is 0 Å². The summed E-state index contributed by atoms with van der Waals surface area (Å²) < 4.78 is 23.1. The fourth-order valence-corrected chi connectivity index (χ4v) is 5.55. The Morgan fingerprint density at radius 1 is 0.951 bits per heavy atom. The Labute approximate surface area is 245 Å². The van der Waals surface area contributed by atoms with Crippen molar-refractivity contribution in [1.29, 1.82) is 0 Å². The van der Waals surface area contributed by atoms with E-state index < -0.39 is 9.84 Å². The van der Waals surface area contributed by atoms with Crippen molar-refractivity contribution in [2.75, 3.05) is 18.6 Å². The number of benzene rings is 2. The van der Waals surface area contributed by atoms with Crippen molar-refractivity contribution >= 4 is 38.1 Å². The Morgan fingerprint density at radius 3 is 2.39 bits per heavy atom. The number of hydrogen-bond acceptors (Lipinski definition) is 8. The van der Waals surface area contributed by atoms with E-state index in [-0.39, 0.29) is 30.4 Å². The summed E-state index contributed by atoms with van der Waals surface area (Å²) in [5, 5.41) is 17.0. The van der Waals surface area contributed by atoms with Crippen LogP contribution in [0.1, 0.15) is 41.0 Å². The molecule has 2 aromatic carbocycles. The minimum absolute atomic E-state index is 0.0599. The first-order valence-corrected chi connectivity index (χ1v) is 16.1. The third-order valence-electron chi connectivity index (χ3n) is 5.88. The first kappa shape index (κ1) is 31.7. The Hall–Kier alpha value is -3.87. The lowest BCUT2D eigenvalue weighted by Crippen LogP contribution is -2.80. The molecule has 0 fully saturated rings. The van der Waals surface area contributed by atoms with Crippen molar-refractivity contribution in [3.63, 3.8) is 0 Å². The van der Waals surface area contributed by atoms with Crippen LogP contribution in [0.5, 0.6) is 0 Å². The van der Waals surface area contributed by atoms with E-state index in [0.29, 0.717) is 28.6 Å². The van der Waals surface area contributed by atoms with Gasteiger partial charge >= 0.3 is 0 Å². The molecule has 0 aliphatic heterocycles. The van der Waals surface area contributed by atoms with E-state index in [2.05, 4.69) is 20.8 Å². The molecule has 2 amide bonds. The molecule has 0 aliphatic carbocycles. The van der Waals surface area contributed by atoms with Crippen molar-refractivity contribution in [3.8, 4) is 0 Å². The number of rotatable bonds is 15. The van der Waals surface area contributed by atoms with Gasteiger partial charge in [0.05, 0.1) is 25.6 Å². The number of unbranched alkanes of at least 4 members (excludes halogenated alkanes) is 1. The quantitative estimate of drug-likeness (QED) is 0.154. The van der Waals surface area contributed by atoms with Crippen molar-refractivity contribution in [2.45, 2.75) is 44.3 Å². The van der Waals surface area contributed by atoms with Gasteiger partial charge in [0.2, 0.25) is 22.8 Å². The number of nitrogens with zero attached hydrogens (tertiary/aromatic N) is 2. The van der Waals surface area contributed by atoms with Crippen LogP contribution >= 0.6 is 11.3 Å². The number of sulfone groups is 1. The van der Waals surface area contributed by atoms with Gasteiger partial charge in [-0.3, -0.25) is 14.9 Å². The van der Waals surface area contributed by atoms with Crippen LogP contribution in [-0.4, -0.2) is 43.7 Å². The molecular formula is C29H37N6O4S2+. The SMILES string of the molecule is C[NH2+]/C(=C\C=C(/N)CCCCc1nnc(NC(=O)Cc2ccccc2)s1)NC(=O)Cc1cccc(CS(C)(=O)=O)c1. The maximum atomic E-state index is 12.5. The summed E-state index contributed by atoms with van der Waals surface area (Å²) in [6, 6.07) is 16.6. The second kappa shape index (κ2) is 15.8. The molecule has 218 valence electrons. The molecule has 1 heterocycles. The molecule has 0 unspecified atom stereocenters. The van der Waals surface area contributed by atoms with E-state index in [1.807, 2.05) is 37.4 Å². The average molecular weight is 598 g/mol. The number of nitrogens with two attached hydrogens (primary N) is 2. The lowest BCUT2D eigenvalue weighted by atomic mass is 10.1. The number of nitrogens with one attached hydrogen (secondary N) is 2. The summed E-state index contributed by atoms with van der Waals surface area (Å²) in [5.41, 5.74) is 9.20. The van der Waals surface area contributed by atoms with Crippen molar-refractivity contribution < 1.29 is 23.3 Å². The van der Waals surface area contributed by atoms with Crippen molar-refractivity contribution in [2.24, 2.45) is 5.73 Å². The van der Waals surface area contributed by atoms with Gasteiger partial charge in [-0.05, 0) is 42.0 Å². The molecule has 0 atom stereocenters. The highest BCUT2D eigenvalue weighted by molar-refractivity contribution is 7.89. The van der Waals surface area contributed by atoms with Gasteiger partial charge in [-0.1, -0.05) is 65.9 Å². The van der Waals surface area contributed by atoms with E-state index in [9.17, 15) is 18.0 Å². The minimum atomic E-state index is -3.15. The molecule has 6 N–H and O–H groups in total. The van der Waals surface area contributed by atoms with Crippen LogP contribution in [0.3, 0.4) is 0 Å². The molecule has 41 heavy (non-hydrogen) atoms. The van der Waals surface area contributed by atoms with Crippen LogP contribution in [0, 0.1) is 0 Å². The van der Waals surface area contributed by atoms with Crippen LogP contribution in [-0.2, 0) is 44.4 Å². The van der Waals surface area contributed by atoms with Gasteiger partial charge in [0.25, 0.3) is 0 Å². The summed E-state index contributed by atoms with van der Waals surface area (Å²) in [7, 11) is -1.33. The second-order valence-corrected chi connectivity index (χ2v) is 12.9. The molecule has 1 aromatic heterocycles. The predicted octanol–water partition coefficient (Wildman–Crippen LogP) is 2.21. The zero-order chi connectivity index (χ0) is 29.7. The van der Waals surface area contributed by atoms with Crippen molar-refractivity contribution in [1.82, 2.24) is 15.5 Å². The van der Waals surface area contributed by atoms with Gasteiger partial charge < -0.3 is 16.4 Å².